The zero-order chi connectivity index (χ0) is 21.6. The highest BCUT2D eigenvalue weighted by molar-refractivity contribution is 6.62. The van der Waals surface area contributed by atoms with E-state index in [1.54, 1.807) is 23.7 Å². The predicted octanol–water partition coefficient (Wildman–Crippen LogP) is 1.89. The third-order valence-electron chi connectivity index (χ3n) is 7.35. The maximum absolute atomic E-state index is 13.3. The zero-order valence-electron chi connectivity index (χ0n) is 18.5. The number of ketones is 1. The Hall–Kier alpha value is -2.19. The number of carbonyl (C=O) groups is 1. The Morgan fingerprint density at radius 1 is 1.13 bits per heavy atom. The van der Waals surface area contributed by atoms with Crippen molar-refractivity contribution < 1.29 is 14.1 Å². The van der Waals surface area contributed by atoms with Gasteiger partial charge < -0.3 is 14.2 Å². The number of rotatable bonds is 3. The SMILES string of the molecule is CC(=O)c1cc(B2OC(C)(C)C(C)(C)O2)cc2c(=O)n(C)c(N3CC4CC4C3)nc12. The highest BCUT2D eigenvalue weighted by Crippen LogP contribution is 2.45. The molecular weight excluding hydrogens is 381 g/mol. The van der Waals surface area contributed by atoms with Gasteiger partial charge in [0, 0.05) is 25.7 Å². The summed E-state index contributed by atoms with van der Waals surface area (Å²) in [4.78, 5) is 32.8. The number of hydrogen-bond acceptors (Lipinski definition) is 6. The number of piperidine rings is 1. The normalized spacial score (nSPS) is 26.3. The standard InChI is InChI=1S/C22H28BN3O4/c1-12(27)16-8-15(23-29-21(2,3)22(4,5)30-23)9-17-18(16)24-20(25(6)19(17)28)26-10-13-7-14(13)11-26/h8-9,13-14H,7,10-11H2,1-6H3. The summed E-state index contributed by atoms with van der Waals surface area (Å²) in [7, 11) is 1.11. The second kappa shape index (κ2) is 6.17. The average molecular weight is 409 g/mol. The summed E-state index contributed by atoms with van der Waals surface area (Å²) in [6.07, 6.45) is 1.27. The van der Waals surface area contributed by atoms with Crippen LogP contribution in [0.3, 0.4) is 0 Å². The van der Waals surface area contributed by atoms with Crippen molar-refractivity contribution in [2.45, 2.75) is 52.2 Å². The first-order valence-electron chi connectivity index (χ1n) is 10.6. The molecule has 0 amide bonds. The molecule has 30 heavy (non-hydrogen) atoms. The van der Waals surface area contributed by atoms with Gasteiger partial charge >= 0.3 is 7.12 Å². The van der Waals surface area contributed by atoms with Gasteiger partial charge in [-0.15, -0.1) is 0 Å². The van der Waals surface area contributed by atoms with E-state index in [9.17, 15) is 9.59 Å². The molecule has 1 aliphatic carbocycles. The first kappa shape index (κ1) is 19.8. The molecule has 3 aliphatic rings. The van der Waals surface area contributed by atoms with Gasteiger partial charge in [0.15, 0.2) is 5.78 Å². The summed E-state index contributed by atoms with van der Waals surface area (Å²) in [5, 5.41) is 0.419. The van der Waals surface area contributed by atoms with E-state index in [4.69, 9.17) is 14.3 Å². The predicted molar refractivity (Wildman–Crippen MR) is 117 cm³/mol. The van der Waals surface area contributed by atoms with Gasteiger partial charge in [0.2, 0.25) is 5.95 Å². The summed E-state index contributed by atoms with van der Waals surface area (Å²) in [5.41, 5.74) is 0.387. The quantitative estimate of drug-likeness (QED) is 0.570. The number of hydrogen-bond donors (Lipinski definition) is 0. The Morgan fingerprint density at radius 3 is 2.30 bits per heavy atom. The zero-order valence-corrected chi connectivity index (χ0v) is 18.5. The lowest BCUT2D eigenvalue weighted by molar-refractivity contribution is 0.00578. The van der Waals surface area contributed by atoms with Crippen molar-refractivity contribution in [2.75, 3.05) is 18.0 Å². The first-order chi connectivity index (χ1) is 14.0. The van der Waals surface area contributed by atoms with Crippen LogP contribution in [-0.4, -0.2) is 46.7 Å². The van der Waals surface area contributed by atoms with Gasteiger partial charge in [-0.05, 0) is 70.5 Å². The Morgan fingerprint density at radius 2 is 1.73 bits per heavy atom. The van der Waals surface area contributed by atoms with E-state index < -0.39 is 18.3 Å². The molecule has 5 rings (SSSR count). The van der Waals surface area contributed by atoms with E-state index in [0.717, 1.165) is 24.9 Å². The summed E-state index contributed by atoms with van der Waals surface area (Å²) >= 11 is 0. The third kappa shape index (κ3) is 2.84. The Labute approximate surface area is 176 Å². The van der Waals surface area contributed by atoms with Gasteiger partial charge in [0.1, 0.15) is 0 Å². The number of benzene rings is 1. The molecular formula is C22H28BN3O4. The van der Waals surface area contributed by atoms with Gasteiger partial charge in [-0.1, -0.05) is 0 Å². The van der Waals surface area contributed by atoms with Crippen molar-refractivity contribution in [1.82, 2.24) is 9.55 Å². The highest BCUT2D eigenvalue weighted by Gasteiger charge is 2.52. The maximum Gasteiger partial charge on any atom is 0.494 e. The van der Waals surface area contributed by atoms with E-state index in [1.165, 1.54) is 13.3 Å². The molecule has 8 heteroatoms. The fourth-order valence-electron chi connectivity index (χ4n) is 4.61. The fourth-order valence-corrected chi connectivity index (χ4v) is 4.61. The third-order valence-corrected chi connectivity index (χ3v) is 7.35. The number of anilines is 1. The highest BCUT2D eigenvalue weighted by atomic mass is 16.7. The molecule has 2 atom stereocenters. The van der Waals surface area contributed by atoms with E-state index in [1.807, 2.05) is 27.7 Å². The Kier molecular flexibility index (Phi) is 4.06. The van der Waals surface area contributed by atoms with E-state index in [2.05, 4.69) is 4.90 Å². The van der Waals surface area contributed by atoms with Crippen molar-refractivity contribution in [1.29, 1.82) is 0 Å². The summed E-state index contributed by atoms with van der Waals surface area (Å²) in [6, 6.07) is 3.54. The largest absolute Gasteiger partial charge is 0.494 e. The number of fused-ring (bicyclic) bond motifs is 2. The number of aromatic nitrogens is 2. The topological polar surface area (TPSA) is 73.7 Å². The molecule has 158 valence electrons. The van der Waals surface area contributed by atoms with Gasteiger partial charge in [-0.2, -0.15) is 0 Å². The molecule has 0 bridgehead atoms. The van der Waals surface area contributed by atoms with Crippen LogP contribution in [0.1, 0.15) is 51.4 Å². The van der Waals surface area contributed by atoms with E-state index in [-0.39, 0.29) is 11.3 Å². The minimum absolute atomic E-state index is 0.130. The lowest BCUT2D eigenvalue weighted by Gasteiger charge is -2.32. The number of carbonyl (C=O) groups excluding carboxylic acids is 1. The van der Waals surface area contributed by atoms with Gasteiger partial charge in [-0.3, -0.25) is 14.2 Å². The van der Waals surface area contributed by atoms with Crippen molar-refractivity contribution >= 4 is 35.2 Å². The van der Waals surface area contributed by atoms with Crippen LogP contribution in [0.4, 0.5) is 5.95 Å². The van der Waals surface area contributed by atoms with Crippen LogP contribution in [0.5, 0.6) is 0 Å². The maximum atomic E-state index is 13.3. The van der Waals surface area contributed by atoms with Crippen LogP contribution in [0, 0.1) is 11.8 Å². The van der Waals surface area contributed by atoms with Crippen LogP contribution >= 0.6 is 0 Å². The fraction of sp³-hybridized carbons (Fsp3) is 0.591. The van der Waals surface area contributed by atoms with Crippen molar-refractivity contribution in [3.63, 3.8) is 0 Å². The molecule has 1 aromatic carbocycles. The van der Waals surface area contributed by atoms with Crippen LogP contribution < -0.4 is 15.9 Å². The minimum atomic E-state index is -0.646. The molecule has 0 spiro atoms. The minimum Gasteiger partial charge on any atom is -0.399 e. The molecule has 2 unspecified atom stereocenters. The van der Waals surface area contributed by atoms with Crippen LogP contribution in [0.2, 0.25) is 0 Å². The van der Waals surface area contributed by atoms with E-state index in [0.29, 0.717) is 27.9 Å². The molecule has 2 aliphatic heterocycles. The average Bonchev–Trinajstić information content (AvgIpc) is 3.19. The number of Topliss-reactive ketones (excluding diaryl/α,β-unsaturated/α-hetero) is 1. The molecule has 2 saturated heterocycles. The lowest BCUT2D eigenvalue weighted by Crippen LogP contribution is -2.41. The van der Waals surface area contributed by atoms with Crippen molar-refractivity contribution in [3.05, 3.63) is 28.0 Å². The van der Waals surface area contributed by atoms with Crippen LogP contribution in [0.25, 0.3) is 10.9 Å². The second-order valence-corrected chi connectivity index (χ2v) is 10.0. The first-order valence-corrected chi connectivity index (χ1v) is 10.6. The van der Waals surface area contributed by atoms with Gasteiger partial charge in [-0.25, -0.2) is 4.98 Å². The summed E-state index contributed by atoms with van der Waals surface area (Å²) in [5.74, 6) is 1.95. The van der Waals surface area contributed by atoms with Crippen LogP contribution in [0.15, 0.2) is 16.9 Å². The molecule has 3 heterocycles. The summed E-state index contributed by atoms with van der Waals surface area (Å²) in [6.45, 7) is 11.3. The van der Waals surface area contributed by atoms with Crippen LogP contribution in [-0.2, 0) is 16.4 Å². The summed E-state index contributed by atoms with van der Waals surface area (Å²) < 4.78 is 13.9. The second-order valence-electron chi connectivity index (χ2n) is 10.0. The molecule has 0 radical (unpaired) electrons. The van der Waals surface area contributed by atoms with Crippen molar-refractivity contribution in [2.24, 2.45) is 18.9 Å². The smallest absolute Gasteiger partial charge is 0.399 e. The Balaban J connectivity index is 1.65. The lowest BCUT2D eigenvalue weighted by atomic mass is 9.77. The number of nitrogens with zero attached hydrogens (tertiary/aromatic N) is 3. The van der Waals surface area contributed by atoms with Gasteiger partial charge in [0.05, 0.1) is 22.1 Å². The Bertz CT molecular complexity index is 1110. The van der Waals surface area contributed by atoms with E-state index >= 15 is 0 Å². The molecule has 3 fully saturated rings. The molecule has 2 aromatic rings. The van der Waals surface area contributed by atoms with Gasteiger partial charge in [0.25, 0.3) is 5.56 Å². The molecule has 0 N–H and O–H groups in total. The van der Waals surface area contributed by atoms with Crippen molar-refractivity contribution in [3.8, 4) is 0 Å². The molecule has 1 saturated carbocycles. The molecule has 1 aromatic heterocycles. The monoisotopic (exact) mass is 409 g/mol. The molecule has 7 nitrogen and oxygen atoms in total.